The Kier molecular flexibility index (Phi) is 3.88. The molecular weight excluding hydrogens is 385 g/mol. The molecule has 0 bridgehead atoms. The minimum Gasteiger partial charge on any atom is -0.310 e. The lowest BCUT2D eigenvalue weighted by Crippen LogP contribution is -2.31. The molecule has 2 heteroatoms. The Morgan fingerprint density at radius 1 is 0.562 bits per heavy atom. The Labute approximate surface area is 192 Å². The first-order chi connectivity index (χ1) is 15.3. The summed E-state index contributed by atoms with van der Waals surface area (Å²) in [7, 11) is 6.20. The Morgan fingerprint density at radius 2 is 1.22 bits per heavy atom. The maximum absolute atomic E-state index is 6.20. The van der Waals surface area contributed by atoms with Crippen molar-refractivity contribution in [2.75, 3.05) is 4.90 Å². The van der Waals surface area contributed by atoms with Gasteiger partial charge in [0.2, 0.25) is 0 Å². The van der Waals surface area contributed by atoms with Gasteiger partial charge in [-0.05, 0) is 63.7 Å². The number of nitrogens with zero attached hydrogens (tertiary/aromatic N) is 1. The third-order valence-electron chi connectivity index (χ3n) is 7.56. The summed E-state index contributed by atoms with van der Waals surface area (Å²) in [5.74, 6) is 0. The van der Waals surface area contributed by atoms with Crippen LogP contribution in [0.25, 0.3) is 11.1 Å². The van der Waals surface area contributed by atoms with E-state index in [9.17, 15) is 0 Å². The summed E-state index contributed by atoms with van der Waals surface area (Å²) in [5, 5.41) is 0. The Hall–Kier alpha value is -3.26. The number of hydrogen-bond donors (Lipinski definition) is 0. The number of para-hydroxylation sites is 2. The van der Waals surface area contributed by atoms with Crippen molar-refractivity contribution in [3.8, 4) is 11.1 Å². The second-order valence-electron chi connectivity index (χ2n) is 10.2. The quantitative estimate of drug-likeness (QED) is 0.308. The average molecular weight is 411 g/mol. The second kappa shape index (κ2) is 6.39. The lowest BCUT2D eigenvalue weighted by atomic mass is 9.72. The van der Waals surface area contributed by atoms with Gasteiger partial charge in [0.25, 0.3) is 0 Å². The van der Waals surface area contributed by atoms with Gasteiger partial charge in [0.1, 0.15) is 7.85 Å². The highest BCUT2D eigenvalue weighted by Crippen LogP contribution is 2.57. The Bertz CT molecular complexity index is 1380. The molecule has 32 heavy (non-hydrogen) atoms. The van der Waals surface area contributed by atoms with Crippen molar-refractivity contribution >= 4 is 30.4 Å². The van der Waals surface area contributed by atoms with Gasteiger partial charge in [-0.2, -0.15) is 0 Å². The molecule has 0 spiro atoms. The standard InChI is InChI=1S/C30H26BN/c1-29(2)23-12-8-9-13-27(23)32(20-10-6-5-7-11-20)28-18-25-22(17-26(28)29)21-15-14-19(31)16-24(21)30(25,3)4/h5-18H,1-4H3. The van der Waals surface area contributed by atoms with E-state index in [0.29, 0.717) is 0 Å². The molecule has 0 saturated heterocycles. The second-order valence-corrected chi connectivity index (χ2v) is 10.2. The molecule has 0 amide bonds. The molecule has 1 nitrogen and oxygen atoms in total. The number of fused-ring (bicyclic) bond motifs is 5. The van der Waals surface area contributed by atoms with Crippen molar-refractivity contribution in [3.05, 3.63) is 107 Å². The van der Waals surface area contributed by atoms with Crippen LogP contribution < -0.4 is 10.4 Å². The van der Waals surface area contributed by atoms with Crippen LogP contribution >= 0.6 is 0 Å². The lowest BCUT2D eigenvalue weighted by Gasteiger charge is -2.42. The Balaban J connectivity index is 1.69. The molecule has 0 aromatic heterocycles. The average Bonchev–Trinajstić information content (AvgIpc) is 3.00. The molecule has 0 atom stereocenters. The van der Waals surface area contributed by atoms with Crippen LogP contribution in [0.15, 0.2) is 84.9 Å². The van der Waals surface area contributed by atoms with Gasteiger partial charge in [-0.15, -0.1) is 0 Å². The zero-order valence-electron chi connectivity index (χ0n) is 19.1. The van der Waals surface area contributed by atoms with Gasteiger partial charge in [-0.3, -0.25) is 0 Å². The highest BCUT2D eigenvalue weighted by Gasteiger charge is 2.42. The molecule has 0 fully saturated rings. The normalized spacial score (nSPS) is 16.7. The predicted octanol–water partition coefficient (Wildman–Crippen LogP) is 6.90. The SMILES string of the molecule is [B]c1ccc2c(c1)C(C)(C)c1cc3c(cc1-2)C(C)(C)c1ccccc1N3c1ccccc1. The van der Waals surface area contributed by atoms with Gasteiger partial charge in [0.15, 0.2) is 0 Å². The number of anilines is 3. The monoisotopic (exact) mass is 411 g/mol. The van der Waals surface area contributed by atoms with Crippen LogP contribution in [-0.2, 0) is 10.8 Å². The van der Waals surface area contributed by atoms with Crippen LogP contribution in [-0.4, -0.2) is 7.85 Å². The van der Waals surface area contributed by atoms with E-state index in [0.717, 1.165) is 5.46 Å². The van der Waals surface area contributed by atoms with Gasteiger partial charge < -0.3 is 4.90 Å². The number of rotatable bonds is 1. The van der Waals surface area contributed by atoms with E-state index < -0.39 is 0 Å². The van der Waals surface area contributed by atoms with Crippen molar-refractivity contribution in [2.24, 2.45) is 0 Å². The van der Waals surface area contributed by atoms with Gasteiger partial charge in [-0.25, -0.2) is 0 Å². The third kappa shape index (κ3) is 2.47. The fourth-order valence-electron chi connectivity index (χ4n) is 5.80. The first kappa shape index (κ1) is 19.4. The largest absolute Gasteiger partial charge is 0.310 e. The fraction of sp³-hybridized carbons (Fsp3) is 0.200. The van der Waals surface area contributed by atoms with E-state index >= 15 is 0 Å². The van der Waals surface area contributed by atoms with Crippen molar-refractivity contribution in [3.63, 3.8) is 0 Å². The van der Waals surface area contributed by atoms with E-state index in [-0.39, 0.29) is 10.8 Å². The minimum atomic E-state index is -0.104. The Morgan fingerprint density at radius 3 is 2.00 bits per heavy atom. The summed E-state index contributed by atoms with van der Waals surface area (Å²) >= 11 is 0. The van der Waals surface area contributed by atoms with Gasteiger partial charge in [-0.1, -0.05) is 87.8 Å². The summed E-state index contributed by atoms with van der Waals surface area (Å²) in [6.07, 6.45) is 0. The van der Waals surface area contributed by atoms with E-state index in [1.807, 2.05) is 6.07 Å². The highest BCUT2D eigenvalue weighted by molar-refractivity contribution is 6.32. The van der Waals surface area contributed by atoms with Crippen LogP contribution in [0.1, 0.15) is 49.9 Å². The highest BCUT2D eigenvalue weighted by atomic mass is 15.2. The minimum absolute atomic E-state index is 0.0987. The van der Waals surface area contributed by atoms with Crippen molar-refractivity contribution in [1.29, 1.82) is 0 Å². The zero-order valence-corrected chi connectivity index (χ0v) is 19.1. The molecule has 2 radical (unpaired) electrons. The molecule has 0 N–H and O–H groups in total. The first-order valence-corrected chi connectivity index (χ1v) is 11.3. The predicted molar refractivity (Wildman–Crippen MR) is 136 cm³/mol. The van der Waals surface area contributed by atoms with E-state index in [1.54, 1.807) is 0 Å². The molecular formula is C30H26BN. The fourth-order valence-corrected chi connectivity index (χ4v) is 5.80. The van der Waals surface area contributed by atoms with Crippen molar-refractivity contribution in [1.82, 2.24) is 0 Å². The van der Waals surface area contributed by atoms with Gasteiger partial charge >= 0.3 is 0 Å². The molecule has 2 aliphatic rings. The summed E-state index contributed by atoms with van der Waals surface area (Å²) in [6.45, 7) is 9.34. The zero-order chi connectivity index (χ0) is 22.3. The third-order valence-corrected chi connectivity index (χ3v) is 7.56. The van der Waals surface area contributed by atoms with E-state index in [4.69, 9.17) is 7.85 Å². The van der Waals surface area contributed by atoms with E-state index in [1.165, 1.54) is 50.4 Å². The van der Waals surface area contributed by atoms with E-state index in [2.05, 4.69) is 111 Å². The molecule has 4 aromatic carbocycles. The molecule has 154 valence electrons. The first-order valence-electron chi connectivity index (χ1n) is 11.3. The smallest absolute Gasteiger partial charge is 0.113 e. The summed E-state index contributed by atoms with van der Waals surface area (Å²) < 4.78 is 0. The molecule has 1 aliphatic heterocycles. The van der Waals surface area contributed by atoms with Gasteiger partial charge in [0.05, 0.1) is 11.4 Å². The lowest BCUT2D eigenvalue weighted by molar-refractivity contribution is 0.627. The topological polar surface area (TPSA) is 3.24 Å². The van der Waals surface area contributed by atoms with Crippen LogP contribution in [0, 0.1) is 0 Å². The van der Waals surface area contributed by atoms with Crippen LogP contribution in [0.2, 0.25) is 0 Å². The van der Waals surface area contributed by atoms with Crippen LogP contribution in [0.3, 0.4) is 0 Å². The molecule has 0 unspecified atom stereocenters. The number of benzene rings is 4. The van der Waals surface area contributed by atoms with Gasteiger partial charge in [0, 0.05) is 16.5 Å². The van der Waals surface area contributed by atoms with Crippen molar-refractivity contribution in [2.45, 2.75) is 38.5 Å². The molecule has 0 saturated carbocycles. The molecule has 1 aliphatic carbocycles. The summed E-state index contributed by atoms with van der Waals surface area (Å²) in [4.78, 5) is 2.43. The van der Waals surface area contributed by atoms with Crippen LogP contribution in [0.5, 0.6) is 0 Å². The maximum atomic E-state index is 6.20. The molecule has 1 heterocycles. The summed E-state index contributed by atoms with van der Waals surface area (Å²) in [6, 6.07) is 30.8. The summed E-state index contributed by atoms with van der Waals surface area (Å²) in [5.41, 5.74) is 12.4. The maximum Gasteiger partial charge on any atom is 0.113 e. The number of hydrogen-bond acceptors (Lipinski definition) is 1. The molecule has 6 rings (SSSR count). The van der Waals surface area contributed by atoms with Crippen molar-refractivity contribution < 1.29 is 0 Å². The molecule has 4 aromatic rings. The van der Waals surface area contributed by atoms with Crippen LogP contribution in [0.4, 0.5) is 17.1 Å².